The Kier molecular flexibility index (Phi) is 13.4. The van der Waals surface area contributed by atoms with E-state index in [4.69, 9.17) is 5.73 Å². The number of carbonyl (C=O) groups is 1. The van der Waals surface area contributed by atoms with Gasteiger partial charge >= 0.3 is 0 Å². The Hall–Kier alpha value is -6.61. The monoisotopic (exact) mass is 847 g/mol. The number of aromatic hydroxyl groups is 1. The van der Waals surface area contributed by atoms with Crippen LogP contribution in [0.25, 0.3) is 32.6 Å². The molecule has 5 N–H and O–H groups in total. The van der Waals surface area contributed by atoms with E-state index in [-0.39, 0.29) is 57.1 Å². The summed E-state index contributed by atoms with van der Waals surface area (Å²) in [5.74, 6) is -0.692. The van der Waals surface area contributed by atoms with E-state index in [1.165, 1.54) is 11.1 Å². The summed E-state index contributed by atoms with van der Waals surface area (Å²) in [6, 6.07) is 58.0. The van der Waals surface area contributed by atoms with Gasteiger partial charge in [0, 0.05) is 77.1 Å². The molecule has 8 nitrogen and oxygen atoms in total. The summed E-state index contributed by atoms with van der Waals surface area (Å²) < 4.78 is 0. The molecule has 1 heterocycles. The van der Waals surface area contributed by atoms with Crippen molar-refractivity contribution in [2.24, 2.45) is 10.2 Å². The SMILES string of the molecule is Cc1ccc(N(c2cc[c-]cc2)c2ccc(C)cc2)cc1.Nc1ccc(N=Nc2c(O)c(C(=O)Nc3ccccc3)cc3ccc4c5ccccc5[nH]c4c23)cc1.[CH3-].[Y]. The maximum atomic E-state index is 13.2. The van der Waals surface area contributed by atoms with Crippen LogP contribution in [0.2, 0.25) is 0 Å². The van der Waals surface area contributed by atoms with Crippen LogP contribution in [-0.2, 0) is 32.7 Å². The van der Waals surface area contributed by atoms with Gasteiger partial charge in [-0.3, -0.25) is 4.79 Å². The number of aromatic nitrogens is 1. The molecule has 9 heteroatoms. The average Bonchev–Trinajstić information content (AvgIpc) is 3.62. The van der Waals surface area contributed by atoms with Gasteiger partial charge in [0.15, 0.2) is 5.75 Å². The van der Waals surface area contributed by atoms with E-state index >= 15 is 0 Å². The summed E-state index contributed by atoms with van der Waals surface area (Å²) in [5.41, 5.74) is 15.7. The number of amides is 1. The summed E-state index contributed by atoms with van der Waals surface area (Å²) in [5, 5.41) is 26.4. The first-order chi connectivity index (χ1) is 27.8. The number of H-pyrrole nitrogens is 1. The predicted molar refractivity (Wildman–Crippen MR) is 240 cm³/mol. The molecule has 8 aromatic carbocycles. The maximum Gasteiger partial charge on any atom is 0.259 e. The summed E-state index contributed by atoms with van der Waals surface area (Å²) >= 11 is 0. The van der Waals surface area contributed by atoms with Crippen LogP contribution in [0.15, 0.2) is 180 Å². The fourth-order valence-electron chi connectivity index (χ4n) is 6.78. The Morgan fingerprint density at radius 2 is 1.29 bits per heavy atom. The van der Waals surface area contributed by atoms with Crippen molar-refractivity contribution in [1.29, 1.82) is 0 Å². The number of nitrogen functional groups attached to an aromatic ring is 1. The number of aromatic amines is 1. The molecule has 0 saturated heterocycles. The van der Waals surface area contributed by atoms with Gasteiger partial charge in [-0.05, 0) is 92.0 Å². The van der Waals surface area contributed by atoms with Crippen LogP contribution in [0.4, 0.5) is 39.8 Å². The molecule has 289 valence electrons. The Balaban J connectivity index is 0.000000218. The smallest absolute Gasteiger partial charge is 0.259 e. The molecule has 0 saturated carbocycles. The minimum atomic E-state index is -0.443. The molecule has 9 rings (SSSR count). The number of hydrogen-bond donors (Lipinski definition) is 4. The third-order valence-electron chi connectivity index (χ3n) is 9.71. The number of nitrogens with zero attached hydrogens (tertiary/aromatic N) is 3. The number of para-hydroxylation sites is 2. The zero-order valence-corrected chi connectivity index (χ0v) is 35.9. The molecular weight excluding hydrogens is 805 g/mol. The van der Waals surface area contributed by atoms with Crippen molar-refractivity contribution in [3.63, 3.8) is 0 Å². The molecule has 1 aromatic heterocycles. The van der Waals surface area contributed by atoms with Crippen molar-refractivity contribution < 1.29 is 42.6 Å². The van der Waals surface area contributed by atoms with Gasteiger partial charge in [0.05, 0.1) is 16.8 Å². The van der Waals surface area contributed by atoms with E-state index in [9.17, 15) is 9.90 Å². The van der Waals surface area contributed by atoms with Crippen LogP contribution >= 0.6 is 0 Å². The largest absolute Gasteiger partial charge is 0.505 e. The number of nitrogens with two attached hydrogens (primary N) is 1. The molecule has 0 aliphatic carbocycles. The van der Waals surface area contributed by atoms with Crippen LogP contribution in [-0.4, -0.2) is 16.0 Å². The van der Waals surface area contributed by atoms with Gasteiger partial charge in [-0.1, -0.05) is 89.6 Å². The van der Waals surface area contributed by atoms with E-state index < -0.39 is 5.91 Å². The Labute approximate surface area is 369 Å². The Morgan fingerprint density at radius 1 is 0.695 bits per heavy atom. The Bertz CT molecular complexity index is 2810. The van der Waals surface area contributed by atoms with Crippen LogP contribution in [0, 0.1) is 27.3 Å². The number of hydrogen-bond acceptors (Lipinski definition) is 6. The predicted octanol–water partition coefficient (Wildman–Crippen LogP) is 13.5. The van der Waals surface area contributed by atoms with Gasteiger partial charge in [-0.2, -0.15) is 23.3 Å². The van der Waals surface area contributed by atoms with Crippen molar-refractivity contribution >= 4 is 78.3 Å². The summed E-state index contributed by atoms with van der Waals surface area (Å²) in [7, 11) is 0. The van der Waals surface area contributed by atoms with E-state index in [1.54, 1.807) is 42.5 Å². The molecule has 9 aromatic rings. The first-order valence-electron chi connectivity index (χ1n) is 18.5. The second-order valence-electron chi connectivity index (χ2n) is 13.8. The number of aryl methyl sites for hydroxylation is 2. The van der Waals surface area contributed by atoms with Gasteiger partial charge < -0.3 is 33.5 Å². The third kappa shape index (κ3) is 9.26. The zero-order valence-electron chi connectivity index (χ0n) is 33.0. The van der Waals surface area contributed by atoms with Crippen molar-refractivity contribution in [3.05, 3.63) is 200 Å². The number of fused-ring (bicyclic) bond motifs is 5. The molecule has 1 amide bonds. The van der Waals surface area contributed by atoms with Crippen LogP contribution < -0.4 is 16.0 Å². The number of phenols is 1. The fraction of sp³-hybridized carbons (Fsp3) is 0.0400. The number of anilines is 5. The molecule has 0 spiro atoms. The number of phenolic OH excluding ortho intramolecular Hbond substituents is 1. The summed E-state index contributed by atoms with van der Waals surface area (Å²) in [6.45, 7) is 4.22. The van der Waals surface area contributed by atoms with Gasteiger partial charge in [0.1, 0.15) is 5.69 Å². The molecule has 0 fully saturated rings. The second kappa shape index (κ2) is 18.8. The first kappa shape index (κ1) is 42.0. The summed E-state index contributed by atoms with van der Waals surface area (Å²) in [6.07, 6.45) is 0. The molecule has 0 aliphatic heterocycles. The number of benzene rings is 8. The number of azo groups is 1. The number of carbonyl (C=O) groups excluding carboxylic acids is 1. The Morgan fingerprint density at radius 3 is 1.93 bits per heavy atom. The normalized spacial score (nSPS) is 10.7. The third-order valence-corrected chi connectivity index (χ3v) is 9.71. The van der Waals surface area contributed by atoms with Gasteiger partial charge in [0.2, 0.25) is 0 Å². The van der Waals surface area contributed by atoms with Gasteiger partial charge in [-0.25, -0.2) is 0 Å². The van der Waals surface area contributed by atoms with Gasteiger partial charge in [0.25, 0.3) is 5.91 Å². The fourth-order valence-corrected chi connectivity index (χ4v) is 6.78. The maximum absolute atomic E-state index is 13.2. The number of nitrogens with one attached hydrogen (secondary N) is 2. The molecule has 0 aliphatic rings. The molecule has 0 atom stereocenters. The van der Waals surface area contributed by atoms with Gasteiger partial charge in [-0.15, -0.1) is 17.2 Å². The first-order valence-corrected chi connectivity index (χ1v) is 18.5. The quantitative estimate of drug-likeness (QED) is 0.0725. The van der Waals surface area contributed by atoms with E-state index in [0.717, 1.165) is 44.3 Å². The van der Waals surface area contributed by atoms with Crippen LogP contribution in [0.1, 0.15) is 21.5 Å². The minimum absolute atomic E-state index is 0. The molecule has 0 unspecified atom stereocenters. The standard InChI is InChI=1S/C29H21N5O2.C20H18N.CH3.Y/c30-18-11-13-20(14-12-18)33-34-27-25-17(10-15-22-21-8-4-5-9-24(21)32-26(22)25)16-23(28(27)35)29(36)31-19-6-2-1-3-7-19;1-16-8-12-19(13-9-16)21(18-6-4-3-5-7-18)20-14-10-17(2)11-15-20;;/h1-16,32,35H,30H2,(H,31,36);4-15H,1-2H3;1H3;/q;2*-1;. The second-order valence-corrected chi connectivity index (χ2v) is 13.8. The van der Waals surface area contributed by atoms with Crippen molar-refractivity contribution in [3.8, 4) is 5.75 Å². The topological polar surface area (TPSA) is 119 Å². The van der Waals surface area contributed by atoms with Crippen LogP contribution in [0.3, 0.4) is 0 Å². The number of rotatable bonds is 7. The van der Waals surface area contributed by atoms with E-state index in [0.29, 0.717) is 22.4 Å². The van der Waals surface area contributed by atoms with Crippen molar-refractivity contribution in [2.75, 3.05) is 16.0 Å². The average molecular weight is 848 g/mol. The molecular formula is C50H42N6O2Y-2. The minimum Gasteiger partial charge on any atom is -0.505 e. The van der Waals surface area contributed by atoms with E-state index in [1.807, 2.05) is 66.7 Å². The molecule has 59 heavy (non-hydrogen) atoms. The van der Waals surface area contributed by atoms with Crippen molar-refractivity contribution in [1.82, 2.24) is 4.98 Å². The van der Waals surface area contributed by atoms with Crippen LogP contribution in [0.5, 0.6) is 5.75 Å². The molecule has 1 radical (unpaired) electrons. The molecule has 0 bridgehead atoms. The summed E-state index contributed by atoms with van der Waals surface area (Å²) in [4.78, 5) is 18.9. The van der Waals surface area contributed by atoms with E-state index in [2.05, 4.69) is 106 Å². The van der Waals surface area contributed by atoms with Crippen molar-refractivity contribution in [2.45, 2.75) is 13.8 Å². The zero-order chi connectivity index (χ0) is 39.3.